The number of alkyl halides is 3. The molecule has 0 atom stereocenters. The number of aromatic nitrogens is 1. The number of hydrogen-bond donors (Lipinski definition) is 2. The monoisotopic (exact) mass is 299 g/mol. The number of carbonyl (C=O) groups excluding carboxylic acids is 1. The van der Waals surface area contributed by atoms with Crippen molar-refractivity contribution in [1.29, 1.82) is 0 Å². The zero-order valence-corrected chi connectivity index (χ0v) is 10.9. The Morgan fingerprint density at radius 3 is 2.89 bits per heavy atom. The highest BCUT2D eigenvalue weighted by molar-refractivity contribution is 8.00. The van der Waals surface area contributed by atoms with Crippen LogP contribution < -0.4 is 11.1 Å². The highest BCUT2D eigenvalue weighted by Crippen LogP contribution is 2.29. The third kappa shape index (κ3) is 5.69. The van der Waals surface area contributed by atoms with Crippen molar-refractivity contribution in [3.8, 4) is 0 Å². The van der Waals surface area contributed by atoms with E-state index in [9.17, 15) is 18.0 Å². The highest BCUT2D eigenvalue weighted by Gasteiger charge is 2.27. The average molecular weight is 299 g/mol. The zero-order valence-electron chi connectivity index (χ0n) is 9.29. The summed E-state index contributed by atoms with van der Waals surface area (Å²) >= 11 is 1.14. The molecule has 1 aromatic rings. The van der Waals surface area contributed by atoms with Gasteiger partial charge in [-0.15, -0.1) is 11.3 Å². The van der Waals surface area contributed by atoms with Gasteiger partial charge in [-0.25, -0.2) is 4.98 Å². The van der Waals surface area contributed by atoms with Gasteiger partial charge in [0, 0.05) is 24.1 Å². The lowest BCUT2D eigenvalue weighted by Gasteiger charge is -2.05. The van der Waals surface area contributed by atoms with Crippen molar-refractivity contribution in [2.24, 2.45) is 5.73 Å². The van der Waals surface area contributed by atoms with Crippen LogP contribution in [0.5, 0.6) is 0 Å². The van der Waals surface area contributed by atoms with Crippen LogP contribution in [0.2, 0.25) is 0 Å². The van der Waals surface area contributed by atoms with Gasteiger partial charge in [-0.2, -0.15) is 13.2 Å². The summed E-state index contributed by atoms with van der Waals surface area (Å²) in [6, 6.07) is 0. The topological polar surface area (TPSA) is 68.0 Å². The summed E-state index contributed by atoms with van der Waals surface area (Å²) in [7, 11) is 0. The molecule has 0 saturated heterocycles. The number of carbonyl (C=O) groups is 1. The minimum absolute atomic E-state index is 0.0489. The third-order valence-electron chi connectivity index (χ3n) is 1.80. The van der Waals surface area contributed by atoms with Gasteiger partial charge < -0.3 is 11.1 Å². The summed E-state index contributed by atoms with van der Waals surface area (Å²) < 4.78 is 35.5. The van der Waals surface area contributed by atoms with E-state index in [1.807, 2.05) is 0 Å². The number of thioether (sulfide) groups is 1. The van der Waals surface area contributed by atoms with Gasteiger partial charge in [-0.1, -0.05) is 0 Å². The smallest absolute Gasteiger partial charge is 0.350 e. The molecule has 0 fully saturated rings. The highest BCUT2D eigenvalue weighted by atomic mass is 32.2. The van der Waals surface area contributed by atoms with E-state index in [1.54, 1.807) is 5.38 Å². The molecule has 0 saturated carbocycles. The number of nitrogens with two attached hydrogens (primary N) is 1. The third-order valence-corrected chi connectivity index (χ3v) is 3.44. The lowest BCUT2D eigenvalue weighted by atomic mass is 10.4. The van der Waals surface area contributed by atoms with Crippen molar-refractivity contribution in [1.82, 2.24) is 10.3 Å². The molecular weight excluding hydrogens is 287 g/mol. The molecule has 18 heavy (non-hydrogen) atoms. The summed E-state index contributed by atoms with van der Waals surface area (Å²) in [5, 5.41) is 4.69. The van der Waals surface area contributed by atoms with Gasteiger partial charge >= 0.3 is 5.51 Å². The maximum absolute atomic E-state index is 11.8. The standard InChI is InChI=1S/C9H12F3N3OS2/c10-9(11,12)18-4-3-14-8(16)6-5-17-7(15-6)1-2-13/h5H,1-4,13H2,(H,14,16). The second-order valence-electron chi connectivity index (χ2n) is 3.22. The summed E-state index contributed by atoms with van der Waals surface area (Å²) in [5.74, 6) is -0.674. The molecule has 9 heteroatoms. The minimum atomic E-state index is -4.26. The van der Waals surface area contributed by atoms with Crippen LogP contribution in [-0.2, 0) is 6.42 Å². The number of nitrogens with zero attached hydrogens (tertiary/aromatic N) is 1. The first-order chi connectivity index (χ1) is 8.42. The number of halogens is 3. The second kappa shape index (κ2) is 6.95. The lowest BCUT2D eigenvalue weighted by Crippen LogP contribution is -2.26. The van der Waals surface area contributed by atoms with Gasteiger partial charge in [0.25, 0.3) is 5.91 Å². The zero-order chi connectivity index (χ0) is 13.6. The Bertz CT molecular complexity index is 395. The summed E-state index contributed by atoms with van der Waals surface area (Å²) in [4.78, 5) is 15.5. The Labute approximate surface area is 110 Å². The Morgan fingerprint density at radius 2 is 2.28 bits per heavy atom. The molecule has 3 N–H and O–H groups in total. The van der Waals surface area contributed by atoms with Crippen LogP contribution in [0.15, 0.2) is 5.38 Å². The molecule has 0 aliphatic rings. The van der Waals surface area contributed by atoms with E-state index >= 15 is 0 Å². The van der Waals surface area contributed by atoms with Gasteiger partial charge in [-0.3, -0.25) is 4.79 Å². The van der Waals surface area contributed by atoms with Crippen LogP contribution in [0, 0.1) is 0 Å². The van der Waals surface area contributed by atoms with Crippen LogP contribution in [0.3, 0.4) is 0 Å². The van der Waals surface area contributed by atoms with Crippen LogP contribution in [0.1, 0.15) is 15.5 Å². The van der Waals surface area contributed by atoms with Gasteiger partial charge in [0.05, 0.1) is 5.01 Å². The fourth-order valence-corrected chi connectivity index (χ4v) is 2.31. The van der Waals surface area contributed by atoms with Crippen molar-refractivity contribution in [3.63, 3.8) is 0 Å². The van der Waals surface area contributed by atoms with E-state index in [-0.39, 0.29) is 29.8 Å². The summed E-state index contributed by atoms with van der Waals surface area (Å²) in [5.41, 5.74) is 1.30. The predicted molar refractivity (Wildman–Crippen MR) is 65.7 cm³/mol. The van der Waals surface area contributed by atoms with E-state index < -0.39 is 11.4 Å². The van der Waals surface area contributed by atoms with Crippen molar-refractivity contribution in [2.75, 3.05) is 18.8 Å². The molecule has 0 unspecified atom stereocenters. The van der Waals surface area contributed by atoms with E-state index in [0.717, 1.165) is 5.01 Å². The SMILES string of the molecule is NCCc1nc(C(=O)NCCSC(F)(F)F)cs1. The molecule has 0 bridgehead atoms. The molecule has 1 heterocycles. The molecule has 0 radical (unpaired) electrons. The fraction of sp³-hybridized carbons (Fsp3) is 0.556. The number of rotatable bonds is 6. The van der Waals surface area contributed by atoms with Gasteiger partial charge in [-0.05, 0) is 18.3 Å². The fourth-order valence-electron chi connectivity index (χ4n) is 1.08. The van der Waals surface area contributed by atoms with E-state index in [2.05, 4.69) is 10.3 Å². The molecular formula is C9H12F3N3OS2. The van der Waals surface area contributed by atoms with Crippen molar-refractivity contribution >= 4 is 29.0 Å². The number of hydrogen-bond acceptors (Lipinski definition) is 5. The Balaban J connectivity index is 2.31. The Hall–Kier alpha value is -0.800. The van der Waals surface area contributed by atoms with Crippen LogP contribution in [0.4, 0.5) is 13.2 Å². The quantitative estimate of drug-likeness (QED) is 0.783. The Morgan fingerprint density at radius 1 is 1.56 bits per heavy atom. The first-order valence-corrected chi connectivity index (χ1v) is 6.92. The van der Waals surface area contributed by atoms with Crippen molar-refractivity contribution in [3.05, 3.63) is 16.1 Å². The van der Waals surface area contributed by atoms with Gasteiger partial charge in [0.1, 0.15) is 5.69 Å². The maximum atomic E-state index is 11.8. The molecule has 4 nitrogen and oxygen atoms in total. The van der Waals surface area contributed by atoms with Crippen LogP contribution in [-0.4, -0.2) is 35.2 Å². The summed E-state index contributed by atoms with van der Waals surface area (Å²) in [6.45, 7) is 0.392. The molecule has 0 aliphatic carbocycles. The molecule has 1 rings (SSSR count). The number of amides is 1. The number of thiazole rings is 1. The first-order valence-electron chi connectivity index (χ1n) is 5.05. The maximum Gasteiger partial charge on any atom is 0.441 e. The first kappa shape index (κ1) is 15.3. The van der Waals surface area contributed by atoms with Crippen molar-refractivity contribution in [2.45, 2.75) is 11.9 Å². The van der Waals surface area contributed by atoms with E-state index in [0.29, 0.717) is 13.0 Å². The van der Waals surface area contributed by atoms with Crippen LogP contribution >= 0.6 is 23.1 Å². The average Bonchev–Trinajstić information content (AvgIpc) is 2.72. The lowest BCUT2D eigenvalue weighted by molar-refractivity contribution is -0.0327. The minimum Gasteiger partial charge on any atom is -0.350 e. The Kier molecular flexibility index (Phi) is 5.89. The molecule has 0 aromatic carbocycles. The largest absolute Gasteiger partial charge is 0.441 e. The molecule has 102 valence electrons. The van der Waals surface area contributed by atoms with Crippen molar-refractivity contribution < 1.29 is 18.0 Å². The summed E-state index contributed by atoms with van der Waals surface area (Å²) in [6.07, 6.45) is 0.585. The molecule has 1 aromatic heterocycles. The van der Waals surface area contributed by atoms with Gasteiger partial charge in [0.15, 0.2) is 0 Å². The second-order valence-corrected chi connectivity index (χ2v) is 5.32. The molecule has 0 aliphatic heterocycles. The number of nitrogens with one attached hydrogen (secondary N) is 1. The normalized spacial score (nSPS) is 11.6. The molecule has 0 spiro atoms. The van der Waals surface area contributed by atoms with E-state index in [4.69, 9.17) is 5.73 Å². The van der Waals surface area contributed by atoms with Crippen LogP contribution in [0.25, 0.3) is 0 Å². The van der Waals surface area contributed by atoms with Gasteiger partial charge in [0.2, 0.25) is 0 Å². The molecule has 1 amide bonds. The predicted octanol–water partition coefficient (Wildman–Crippen LogP) is 1.63. The van der Waals surface area contributed by atoms with E-state index in [1.165, 1.54) is 11.3 Å².